The lowest BCUT2D eigenvalue weighted by atomic mass is 9.97. The second kappa shape index (κ2) is 3.86. The van der Waals surface area contributed by atoms with Gasteiger partial charge in [-0.3, -0.25) is 0 Å². The summed E-state index contributed by atoms with van der Waals surface area (Å²) in [6, 6.07) is 0. The quantitative estimate of drug-likeness (QED) is 0.795. The van der Waals surface area contributed by atoms with E-state index in [1.54, 1.807) is 11.3 Å². The second-order valence-electron chi connectivity index (χ2n) is 4.05. The van der Waals surface area contributed by atoms with Crippen LogP contribution in [0.15, 0.2) is 0 Å². The van der Waals surface area contributed by atoms with Crippen LogP contribution >= 0.6 is 22.9 Å². The number of nitrogens with zero attached hydrogens (tertiary/aromatic N) is 2. The van der Waals surface area contributed by atoms with Crippen LogP contribution in [0.5, 0.6) is 0 Å². The standard InChI is InChI=1S/C11H12ClN3S/c12-5-8-14-10(13)9-6-3-1-2-4-7(6)16-11(9)15-8/h1-5H2,(H2,13,14,15). The van der Waals surface area contributed by atoms with Crippen LogP contribution < -0.4 is 5.73 Å². The minimum Gasteiger partial charge on any atom is -0.383 e. The number of nitrogens with two attached hydrogens (primary N) is 1. The average Bonchev–Trinajstić information content (AvgIpc) is 2.67. The molecule has 0 unspecified atom stereocenters. The van der Waals surface area contributed by atoms with Crippen LogP contribution in [0, 0.1) is 0 Å². The van der Waals surface area contributed by atoms with E-state index < -0.39 is 0 Å². The monoisotopic (exact) mass is 253 g/mol. The fraction of sp³-hybridized carbons (Fsp3) is 0.455. The largest absolute Gasteiger partial charge is 0.383 e. The van der Waals surface area contributed by atoms with Gasteiger partial charge in [-0.15, -0.1) is 22.9 Å². The van der Waals surface area contributed by atoms with E-state index in [0.717, 1.165) is 23.1 Å². The van der Waals surface area contributed by atoms with E-state index in [2.05, 4.69) is 9.97 Å². The van der Waals surface area contributed by atoms with Crippen LogP contribution in [0.1, 0.15) is 29.1 Å². The highest BCUT2D eigenvalue weighted by Gasteiger charge is 2.19. The molecule has 84 valence electrons. The van der Waals surface area contributed by atoms with Gasteiger partial charge in [0.15, 0.2) is 0 Å². The van der Waals surface area contributed by atoms with Crippen molar-refractivity contribution >= 4 is 39.0 Å². The molecular formula is C11H12ClN3S. The third-order valence-electron chi connectivity index (χ3n) is 3.01. The zero-order chi connectivity index (χ0) is 11.1. The smallest absolute Gasteiger partial charge is 0.147 e. The molecule has 0 fully saturated rings. The van der Waals surface area contributed by atoms with Crippen molar-refractivity contribution < 1.29 is 0 Å². The summed E-state index contributed by atoms with van der Waals surface area (Å²) in [5, 5.41) is 1.08. The lowest BCUT2D eigenvalue weighted by molar-refractivity contribution is 0.700. The van der Waals surface area contributed by atoms with E-state index in [1.165, 1.54) is 23.3 Å². The maximum atomic E-state index is 6.00. The molecule has 2 heterocycles. The number of hydrogen-bond acceptors (Lipinski definition) is 4. The van der Waals surface area contributed by atoms with Gasteiger partial charge in [-0.05, 0) is 31.2 Å². The average molecular weight is 254 g/mol. The number of thiophene rings is 1. The fourth-order valence-corrected chi connectivity index (χ4v) is 3.70. The summed E-state index contributed by atoms with van der Waals surface area (Å²) < 4.78 is 0. The topological polar surface area (TPSA) is 51.8 Å². The molecule has 5 heteroatoms. The van der Waals surface area contributed by atoms with Crippen LogP contribution in [-0.4, -0.2) is 9.97 Å². The molecule has 0 radical (unpaired) electrons. The lowest BCUT2D eigenvalue weighted by Gasteiger charge is -2.10. The summed E-state index contributed by atoms with van der Waals surface area (Å²) >= 11 is 7.50. The normalized spacial score (nSPS) is 15.3. The third-order valence-corrected chi connectivity index (χ3v) is 4.43. The van der Waals surface area contributed by atoms with E-state index in [4.69, 9.17) is 17.3 Å². The molecule has 2 aromatic rings. The van der Waals surface area contributed by atoms with E-state index in [9.17, 15) is 0 Å². The van der Waals surface area contributed by atoms with E-state index in [-0.39, 0.29) is 0 Å². The molecular weight excluding hydrogens is 242 g/mol. The molecule has 0 bridgehead atoms. The van der Waals surface area contributed by atoms with E-state index in [1.807, 2.05) is 0 Å². The predicted octanol–water partition coefficient (Wildman–Crippen LogP) is 2.89. The van der Waals surface area contributed by atoms with Crippen molar-refractivity contribution in [3.05, 3.63) is 16.3 Å². The molecule has 0 aliphatic heterocycles. The molecule has 0 amide bonds. The highest BCUT2D eigenvalue weighted by molar-refractivity contribution is 7.19. The fourth-order valence-electron chi connectivity index (χ4n) is 2.29. The Hall–Kier alpha value is -0.870. The number of aryl methyl sites for hydroxylation is 2. The Kier molecular flexibility index (Phi) is 2.48. The first-order valence-electron chi connectivity index (χ1n) is 5.42. The highest BCUT2D eigenvalue weighted by atomic mass is 35.5. The van der Waals surface area contributed by atoms with Gasteiger partial charge >= 0.3 is 0 Å². The molecule has 0 spiro atoms. The van der Waals surface area contributed by atoms with Crippen LogP contribution in [0.4, 0.5) is 5.82 Å². The van der Waals surface area contributed by atoms with Crippen molar-refractivity contribution in [1.29, 1.82) is 0 Å². The maximum absolute atomic E-state index is 6.00. The summed E-state index contributed by atoms with van der Waals surface area (Å²) in [4.78, 5) is 11.1. The number of alkyl halides is 1. The van der Waals surface area contributed by atoms with Gasteiger partial charge in [-0.2, -0.15) is 0 Å². The van der Waals surface area contributed by atoms with Crippen LogP contribution in [0.25, 0.3) is 10.2 Å². The zero-order valence-corrected chi connectivity index (χ0v) is 10.4. The van der Waals surface area contributed by atoms with E-state index in [0.29, 0.717) is 17.5 Å². The Morgan fingerprint density at radius 1 is 1.25 bits per heavy atom. The summed E-state index contributed by atoms with van der Waals surface area (Å²) in [5.74, 6) is 1.55. The molecule has 0 saturated carbocycles. The van der Waals surface area contributed by atoms with Gasteiger partial charge < -0.3 is 5.73 Å². The van der Waals surface area contributed by atoms with Gasteiger partial charge in [0.2, 0.25) is 0 Å². The van der Waals surface area contributed by atoms with Crippen LogP contribution in [-0.2, 0) is 18.7 Å². The number of aromatic nitrogens is 2. The van der Waals surface area contributed by atoms with Gasteiger partial charge in [0.1, 0.15) is 16.5 Å². The number of fused-ring (bicyclic) bond motifs is 3. The van der Waals surface area contributed by atoms with Gasteiger partial charge in [0, 0.05) is 4.88 Å². The Morgan fingerprint density at radius 2 is 2.06 bits per heavy atom. The zero-order valence-electron chi connectivity index (χ0n) is 8.79. The Morgan fingerprint density at radius 3 is 2.88 bits per heavy atom. The van der Waals surface area contributed by atoms with Crippen molar-refractivity contribution in [2.75, 3.05) is 5.73 Å². The lowest BCUT2D eigenvalue weighted by Crippen LogP contribution is -2.02. The van der Waals surface area contributed by atoms with Gasteiger partial charge in [0.25, 0.3) is 0 Å². The number of nitrogen functional groups attached to an aromatic ring is 1. The molecule has 0 atom stereocenters. The third kappa shape index (κ3) is 1.48. The van der Waals surface area contributed by atoms with Crippen molar-refractivity contribution in [3.8, 4) is 0 Å². The number of halogens is 1. The maximum Gasteiger partial charge on any atom is 0.147 e. The summed E-state index contributed by atoms with van der Waals surface area (Å²) in [7, 11) is 0. The van der Waals surface area contributed by atoms with Crippen molar-refractivity contribution in [2.45, 2.75) is 31.6 Å². The molecule has 0 saturated heterocycles. The molecule has 0 aromatic carbocycles. The molecule has 1 aliphatic carbocycles. The molecule has 1 aliphatic rings. The first kappa shape index (κ1) is 10.3. The minimum atomic E-state index is 0.322. The van der Waals surface area contributed by atoms with Crippen molar-refractivity contribution in [3.63, 3.8) is 0 Å². The summed E-state index contributed by atoms with van der Waals surface area (Å²) in [6.07, 6.45) is 4.79. The molecule has 16 heavy (non-hydrogen) atoms. The number of anilines is 1. The minimum absolute atomic E-state index is 0.322. The first-order valence-corrected chi connectivity index (χ1v) is 6.77. The van der Waals surface area contributed by atoms with Gasteiger partial charge in [0.05, 0.1) is 11.3 Å². The number of hydrogen-bond donors (Lipinski definition) is 1. The Balaban J connectivity index is 2.30. The SMILES string of the molecule is Nc1nc(CCl)nc2sc3c(c12)CCCC3. The van der Waals surface area contributed by atoms with Crippen molar-refractivity contribution in [1.82, 2.24) is 9.97 Å². The van der Waals surface area contributed by atoms with Crippen LogP contribution in [0.2, 0.25) is 0 Å². The van der Waals surface area contributed by atoms with Gasteiger partial charge in [-0.1, -0.05) is 0 Å². The molecule has 3 rings (SSSR count). The predicted molar refractivity (Wildman–Crippen MR) is 68.0 cm³/mol. The highest BCUT2D eigenvalue weighted by Crippen LogP contribution is 2.37. The first-order chi connectivity index (χ1) is 7.79. The molecule has 2 N–H and O–H groups in total. The summed E-state index contributed by atoms with van der Waals surface area (Å²) in [5.41, 5.74) is 7.38. The second-order valence-corrected chi connectivity index (χ2v) is 5.40. The molecule has 2 aromatic heterocycles. The van der Waals surface area contributed by atoms with Crippen molar-refractivity contribution in [2.24, 2.45) is 0 Å². The molecule has 3 nitrogen and oxygen atoms in total. The Bertz CT molecular complexity index is 550. The Labute approximate surface area is 103 Å². The van der Waals surface area contributed by atoms with Crippen LogP contribution in [0.3, 0.4) is 0 Å². The number of rotatable bonds is 1. The van der Waals surface area contributed by atoms with Gasteiger partial charge in [-0.25, -0.2) is 9.97 Å². The van der Waals surface area contributed by atoms with E-state index >= 15 is 0 Å². The summed E-state index contributed by atoms with van der Waals surface area (Å²) in [6.45, 7) is 0.